The Labute approximate surface area is 68.4 Å². The Morgan fingerprint density at radius 1 is 1.50 bits per heavy atom. The van der Waals surface area contributed by atoms with Crippen LogP contribution in [0, 0.1) is 0 Å². The van der Waals surface area contributed by atoms with Gasteiger partial charge in [-0.25, -0.2) is 4.98 Å². The summed E-state index contributed by atoms with van der Waals surface area (Å²) in [6.45, 7) is 0.615. The number of H-pyrrole nitrogens is 2. The number of aromatic amines is 2. The van der Waals surface area contributed by atoms with Crippen molar-refractivity contribution in [3.05, 3.63) is 24.3 Å². The molecule has 0 radical (unpaired) electrons. The van der Waals surface area contributed by atoms with Gasteiger partial charge in [0.25, 0.3) is 0 Å². The predicted molar refractivity (Wildman–Crippen MR) is 42.3 cm³/mol. The summed E-state index contributed by atoms with van der Waals surface area (Å²) < 4.78 is 0. The number of hydrogen-bond acceptors (Lipinski definition) is 4. The van der Waals surface area contributed by atoms with Gasteiger partial charge in [0.15, 0.2) is 5.95 Å². The van der Waals surface area contributed by atoms with E-state index in [0.29, 0.717) is 6.54 Å². The van der Waals surface area contributed by atoms with Crippen LogP contribution in [-0.2, 0) is 6.54 Å². The molecule has 0 amide bonds. The van der Waals surface area contributed by atoms with Crippen molar-refractivity contribution in [2.75, 3.05) is 5.32 Å². The molecule has 0 aliphatic rings. The molecule has 2 rings (SSSR count). The fraction of sp³-hybridized carbons (Fsp3) is 0.167. The standard InChI is InChI=1S/C6H8N6/c1-2-8-6(7-1)9-3-5-4-10-12-11-5/h1-2,4H,3H2,(H2,7,8,9)(H,10,11,12). The highest BCUT2D eigenvalue weighted by atomic mass is 15.3. The second kappa shape index (κ2) is 3.04. The summed E-state index contributed by atoms with van der Waals surface area (Å²) in [7, 11) is 0. The van der Waals surface area contributed by atoms with Crippen molar-refractivity contribution in [3.63, 3.8) is 0 Å². The van der Waals surface area contributed by atoms with E-state index in [1.807, 2.05) is 0 Å². The minimum absolute atomic E-state index is 0.615. The number of nitrogens with one attached hydrogen (secondary N) is 3. The van der Waals surface area contributed by atoms with Crippen LogP contribution < -0.4 is 5.32 Å². The number of nitrogens with zero attached hydrogens (tertiary/aromatic N) is 3. The van der Waals surface area contributed by atoms with Gasteiger partial charge < -0.3 is 10.3 Å². The summed E-state index contributed by atoms with van der Waals surface area (Å²) in [6, 6.07) is 0. The molecule has 6 nitrogen and oxygen atoms in total. The van der Waals surface area contributed by atoms with Crippen LogP contribution >= 0.6 is 0 Å². The molecular weight excluding hydrogens is 156 g/mol. The Kier molecular flexibility index (Phi) is 1.73. The summed E-state index contributed by atoms with van der Waals surface area (Å²) in [5.41, 5.74) is 0.853. The number of anilines is 1. The highest BCUT2D eigenvalue weighted by molar-refractivity contribution is 5.23. The molecule has 12 heavy (non-hydrogen) atoms. The van der Waals surface area contributed by atoms with Crippen molar-refractivity contribution in [1.82, 2.24) is 25.4 Å². The van der Waals surface area contributed by atoms with Gasteiger partial charge >= 0.3 is 0 Å². The lowest BCUT2D eigenvalue weighted by Gasteiger charge is -1.96. The lowest BCUT2D eigenvalue weighted by molar-refractivity contribution is 0.908. The van der Waals surface area contributed by atoms with E-state index in [2.05, 4.69) is 30.7 Å². The molecule has 0 aliphatic carbocycles. The van der Waals surface area contributed by atoms with E-state index in [1.54, 1.807) is 18.6 Å². The van der Waals surface area contributed by atoms with E-state index in [0.717, 1.165) is 11.6 Å². The van der Waals surface area contributed by atoms with Gasteiger partial charge in [0, 0.05) is 12.4 Å². The molecule has 3 N–H and O–H groups in total. The molecule has 0 unspecified atom stereocenters. The minimum Gasteiger partial charge on any atom is -0.350 e. The van der Waals surface area contributed by atoms with E-state index < -0.39 is 0 Å². The first-order valence-corrected chi connectivity index (χ1v) is 3.53. The van der Waals surface area contributed by atoms with Gasteiger partial charge in [-0.3, -0.25) is 0 Å². The topological polar surface area (TPSA) is 82.3 Å². The van der Waals surface area contributed by atoms with Crippen molar-refractivity contribution < 1.29 is 0 Å². The Balaban J connectivity index is 1.91. The van der Waals surface area contributed by atoms with E-state index in [9.17, 15) is 0 Å². The van der Waals surface area contributed by atoms with Gasteiger partial charge in [-0.2, -0.15) is 15.4 Å². The molecule has 0 saturated carbocycles. The third kappa shape index (κ3) is 1.42. The second-order valence-corrected chi connectivity index (χ2v) is 2.25. The Morgan fingerprint density at radius 3 is 3.17 bits per heavy atom. The molecule has 0 fully saturated rings. The normalized spacial score (nSPS) is 10.0. The van der Waals surface area contributed by atoms with Crippen LogP contribution in [0.15, 0.2) is 18.6 Å². The summed E-state index contributed by atoms with van der Waals surface area (Å²) in [5.74, 6) is 0.734. The molecule has 0 atom stereocenters. The van der Waals surface area contributed by atoms with E-state index >= 15 is 0 Å². The molecule has 0 aromatic carbocycles. The molecule has 0 bridgehead atoms. The number of imidazole rings is 1. The van der Waals surface area contributed by atoms with Gasteiger partial charge in [0.1, 0.15) is 5.69 Å². The maximum absolute atomic E-state index is 3.99. The molecular formula is C6H8N6. The highest BCUT2D eigenvalue weighted by Crippen LogP contribution is 1.97. The van der Waals surface area contributed by atoms with Gasteiger partial charge in [-0.05, 0) is 0 Å². The predicted octanol–water partition coefficient (Wildman–Crippen LogP) is 0.140. The molecule has 2 aromatic rings. The molecule has 2 aromatic heterocycles. The average molecular weight is 164 g/mol. The van der Waals surface area contributed by atoms with Crippen LogP contribution in [0.25, 0.3) is 0 Å². The van der Waals surface area contributed by atoms with Gasteiger partial charge in [-0.15, -0.1) is 0 Å². The highest BCUT2D eigenvalue weighted by Gasteiger charge is 1.96. The van der Waals surface area contributed by atoms with Crippen molar-refractivity contribution in [3.8, 4) is 0 Å². The third-order valence-corrected chi connectivity index (χ3v) is 1.40. The Bertz CT molecular complexity index is 275. The van der Waals surface area contributed by atoms with Crippen LogP contribution in [-0.4, -0.2) is 25.4 Å². The Hall–Kier alpha value is -1.85. The first-order chi connectivity index (χ1) is 5.95. The van der Waals surface area contributed by atoms with Crippen molar-refractivity contribution in [2.45, 2.75) is 6.54 Å². The largest absolute Gasteiger partial charge is 0.350 e. The van der Waals surface area contributed by atoms with E-state index in [-0.39, 0.29) is 0 Å². The van der Waals surface area contributed by atoms with E-state index in [1.165, 1.54) is 0 Å². The Morgan fingerprint density at radius 2 is 2.50 bits per heavy atom. The summed E-state index contributed by atoms with van der Waals surface area (Å²) >= 11 is 0. The first kappa shape index (κ1) is 6.84. The monoisotopic (exact) mass is 164 g/mol. The fourth-order valence-corrected chi connectivity index (χ4v) is 0.847. The lowest BCUT2D eigenvalue weighted by atomic mass is 10.5. The number of rotatable bonds is 3. The number of aromatic nitrogens is 5. The van der Waals surface area contributed by atoms with Crippen LogP contribution in [0.2, 0.25) is 0 Å². The third-order valence-electron chi connectivity index (χ3n) is 1.40. The second-order valence-electron chi connectivity index (χ2n) is 2.25. The summed E-state index contributed by atoms with van der Waals surface area (Å²) in [4.78, 5) is 6.91. The molecule has 62 valence electrons. The lowest BCUT2D eigenvalue weighted by Crippen LogP contribution is -2.00. The SMILES string of the molecule is c1c[nH]c(NCc2cn[nH]n2)n1. The average Bonchev–Trinajstić information content (AvgIpc) is 2.74. The van der Waals surface area contributed by atoms with Crippen molar-refractivity contribution in [1.29, 1.82) is 0 Å². The molecule has 0 saturated heterocycles. The van der Waals surface area contributed by atoms with Crippen molar-refractivity contribution >= 4 is 5.95 Å². The van der Waals surface area contributed by atoms with Crippen molar-refractivity contribution in [2.24, 2.45) is 0 Å². The molecule has 6 heteroatoms. The van der Waals surface area contributed by atoms with Crippen LogP contribution in [0.1, 0.15) is 5.69 Å². The van der Waals surface area contributed by atoms with Gasteiger partial charge in [0.05, 0.1) is 12.7 Å². The zero-order chi connectivity index (χ0) is 8.23. The number of hydrogen-bond donors (Lipinski definition) is 3. The molecule has 2 heterocycles. The first-order valence-electron chi connectivity index (χ1n) is 3.53. The van der Waals surface area contributed by atoms with E-state index in [4.69, 9.17) is 0 Å². The quantitative estimate of drug-likeness (QED) is 0.602. The van der Waals surface area contributed by atoms with Crippen LogP contribution in [0.4, 0.5) is 5.95 Å². The summed E-state index contributed by atoms with van der Waals surface area (Å²) in [5, 5.41) is 13.1. The smallest absolute Gasteiger partial charge is 0.200 e. The maximum atomic E-state index is 3.99. The molecule has 0 aliphatic heterocycles. The van der Waals surface area contributed by atoms with Crippen LogP contribution in [0.5, 0.6) is 0 Å². The maximum Gasteiger partial charge on any atom is 0.200 e. The zero-order valence-electron chi connectivity index (χ0n) is 6.28. The fourth-order valence-electron chi connectivity index (χ4n) is 0.847. The zero-order valence-corrected chi connectivity index (χ0v) is 6.28. The van der Waals surface area contributed by atoms with Gasteiger partial charge in [0.2, 0.25) is 0 Å². The van der Waals surface area contributed by atoms with Crippen LogP contribution in [0.3, 0.4) is 0 Å². The molecule has 0 spiro atoms. The summed E-state index contributed by atoms with van der Waals surface area (Å²) in [6.07, 6.45) is 5.10. The van der Waals surface area contributed by atoms with Gasteiger partial charge in [-0.1, -0.05) is 0 Å². The minimum atomic E-state index is 0.615.